The summed E-state index contributed by atoms with van der Waals surface area (Å²) in [5.74, 6) is 0. The largest absolute Gasteiger partial charge is 1.00 e. The molecule has 0 saturated heterocycles. The van der Waals surface area contributed by atoms with E-state index in [2.05, 4.69) is 131 Å². The second-order valence-electron chi connectivity index (χ2n) is 10.7. The molecule has 189 valence electrons. The number of hydrogen-bond donors (Lipinski definition) is 0. The summed E-state index contributed by atoms with van der Waals surface area (Å²) >= 11 is -1.22. The summed E-state index contributed by atoms with van der Waals surface area (Å²) in [5, 5.41) is 2.95. The molecule has 0 bridgehead atoms. The molecule has 0 nitrogen and oxygen atoms in total. The predicted molar refractivity (Wildman–Crippen MR) is 150 cm³/mol. The molecule has 3 aromatic carbocycles. The summed E-state index contributed by atoms with van der Waals surface area (Å²) in [4.78, 5) is 0. The fourth-order valence-corrected chi connectivity index (χ4v) is 9.93. The summed E-state index contributed by atoms with van der Waals surface area (Å²) in [5.41, 5.74) is 11.5. The molecule has 6 rings (SSSR count). The van der Waals surface area contributed by atoms with E-state index >= 15 is 0 Å². The molecule has 0 unspecified atom stereocenters. The van der Waals surface area contributed by atoms with Crippen molar-refractivity contribution < 1.29 is 47.6 Å². The normalized spacial score (nSPS) is 16.3. The number of benzene rings is 3. The van der Waals surface area contributed by atoms with Crippen LogP contribution in [-0.2, 0) is 22.8 Å². The first kappa shape index (κ1) is 28.7. The molecule has 3 heteroatoms. The van der Waals surface area contributed by atoms with E-state index in [0.717, 1.165) is 6.42 Å². The third kappa shape index (κ3) is 5.02. The first-order valence-electron chi connectivity index (χ1n) is 12.9. The van der Waals surface area contributed by atoms with Gasteiger partial charge in [0, 0.05) is 0 Å². The fraction of sp³-hybridized carbons (Fsp3) is 0.171. The zero-order valence-electron chi connectivity index (χ0n) is 22.3. The Balaban J connectivity index is 0.00000168. The average molecular weight is 614 g/mol. The molecule has 3 aliphatic rings. The second-order valence-corrected chi connectivity index (χ2v) is 13.7. The minimum Gasteiger partial charge on any atom is -1.00 e. The van der Waals surface area contributed by atoms with Crippen LogP contribution in [0, 0.1) is 19.3 Å². The SMILES string of the molecule is Cc1cc(C)c2c(c1)=[C]([Zr+2]=[C](c1ccccc1)c1ccccc1)C1=C(C3=CC=CC3)C(C)(C)C=CC=21.[Cl-].[Cl-]. The number of fused-ring (bicyclic) bond motifs is 2. The van der Waals surface area contributed by atoms with Crippen LogP contribution in [0.3, 0.4) is 0 Å². The number of halogens is 2. The minimum atomic E-state index is -1.22. The van der Waals surface area contributed by atoms with Gasteiger partial charge in [0.25, 0.3) is 0 Å². The Morgan fingerprint density at radius 1 is 0.842 bits per heavy atom. The van der Waals surface area contributed by atoms with Crippen LogP contribution in [0.4, 0.5) is 0 Å². The first-order valence-corrected chi connectivity index (χ1v) is 15.3. The number of rotatable bonds is 4. The fourth-order valence-electron chi connectivity index (χ4n) is 6.02. The molecule has 0 atom stereocenters. The van der Waals surface area contributed by atoms with Gasteiger partial charge < -0.3 is 24.8 Å². The Morgan fingerprint density at radius 2 is 1.47 bits per heavy atom. The second kappa shape index (κ2) is 11.4. The maximum atomic E-state index is 2.46. The van der Waals surface area contributed by atoms with Gasteiger partial charge in [0.15, 0.2) is 0 Å². The van der Waals surface area contributed by atoms with Crippen molar-refractivity contribution in [2.75, 3.05) is 0 Å². The van der Waals surface area contributed by atoms with E-state index in [1.165, 1.54) is 55.0 Å². The molecule has 0 spiro atoms. The molecule has 0 heterocycles. The summed E-state index contributed by atoms with van der Waals surface area (Å²) in [6.07, 6.45) is 12.8. The van der Waals surface area contributed by atoms with Crippen LogP contribution in [0.1, 0.15) is 42.5 Å². The third-order valence-electron chi connectivity index (χ3n) is 7.57. The van der Waals surface area contributed by atoms with Crippen LogP contribution in [0.2, 0.25) is 0 Å². The van der Waals surface area contributed by atoms with Gasteiger partial charge >= 0.3 is 227 Å². The molecule has 0 aromatic heterocycles. The van der Waals surface area contributed by atoms with Crippen LogP contribution in [0.15, 0.2) is 120 Å². The molecule has 0 amide bonds. The van der Waals surface area contributed by atoms with Crippen molar-refractivity contribution in [2.24, 2.45) is 5.41 Å². The Hall–Kier alpha value is -2.31. The van der Waals surface area contributed by atoms with Gasteiger partial charge in [0.1, 0.15) is 0 Å². The van der Waals surface area contributed by atoms with E-state index < -0.39 is 22.8 Å². The van der Waals surface area contributed by atoms with Gasteiger partial charge in [-0.25, -0.2) is 0 Å². The summed E-state index contributed by atoms with van der Waals surface area (Å²) in [7, 11) is 0. The van der Waals surface area contributed by atoms with Gasteiger partial charge in [-0.05, 0) is 0 Å². The molecule has 3 aliphatic carbocycles. The zero-order valence-corrected chi connectivity index (χ0v) is 26.2. The molecule has 38 heavy (non-hydrogen) atoms. The topological polar surface area (TPSA) is 0 Å². The summed E-state index contributed by atoms with van der Waals surface area (Å²) in [6, 6.07) is 27.0. The Bertz CT molecular complexity index is 1620. The standard InChI is InChI=1S/C22H21.C13H10.2ClH.Zr/c1-14-11-15(2)20-17(12-14)13-19-18(20)9-10-22(3,4)21(19)16-7-5-6-8-16;1-3-7-12(8-4-1)11-13-9-5-2-6-10-13;;;/h5-7,9-12H,8H2,1-4H3;1-10H;2*1H;/q;;;;+2/p-2. The summed E-state index contributed by atoms with van der Waals surface area (Å²) < 4.78 is 3.19. The van der Waals surface area contributed by atoms with Gasteiger partial charge in [-0.1, -0.05) is 0 Å². The molecular formula is C35H31Cl2Zr. The molecule has 0 fully saturated rings. The number of allylic oxidation sites excluding steroid dienone is 8. The number of hydrogen-bond acceptors (Lipinski definition) is 0. The van der Waals surface area contributed by atoms with Crippen molar-refractivity contribution in [1.82, 2.24) is 0 Å². The van der Waals surface area contributed by atoms with Gasteiger partial charge in [-0.3, -0.25) is 0 Å². The Labute approximate surface area is 250 Å². The molecule has 0 aliphatic heterocycles. The van der Waals surface area contributed by atoms with E-state index in [9.17, 15) is 0 Å². The first-order chi connectivity index (χ1) is 17.4. The van der Waals surface area contributed by atoms with Gasteiger partial charge in [-0.2, -0.15) is 0 Å². The van der Waals surface area contributed by atoms with Crippen LogP contribution < -0.4 is 35.3 Å². The predicted octanol–water partition coefficient (Wildman–Crippen LogP) is 0.714. The van der Waals surface area contributed by atoms with Crippen molar-refractivity contribution in [2.45, 2.75) is 34.1 Å². The van der Waals surface area contributed by atoms with Crippen molar-refractivity contribution in [3.8, 4) is 0 Å². The summed E-state index contributed by atoms with van der Waals surface area (Å²) in [6.45, 7) is 9.34. The molecular weight excluding hydrogens is 583 g/mol. The van der Waals surface area contributed by atoms with Crippen molar-refractivity contribution >= 4 is 12.1 Å². The van der Waals surface area contributed by atoms with Crippen molar-refractivity contribution in [3.05, 3.63) is 153 Å². The monoisotopic (exact) mass is 611 g/mol. The van der Waals surface area contributed by atoms with Crippen LogP contribution in [0.25, 0.3) is 8.85 Å². The van der Waals surface area contributed by atoms with Crippen LogP contribution in [0.5, 0.6) is 0 Å². The van der Waals surface area contributed by atoms with Crippen LogP contribution >= 0.6 is 0 Å². The minimum absolute atomic E-state index is 0. The maximum Gasteiger partial charge on any atom is -1.00 e. The Morgan fingerprint density at radius 3 is 2.05 bits per heavy atom. The molecule has 0 N–H and O–H groups in total. The van der Waals surface area contributed by atoms with E-state index in [1.54, 1.807) is 6.49 Å². The van der Waals surface area contributed by atoms with Crippen LogP contribution in [-0.4, -0.2) is 3.21 Å². The van der Waals surface area contributed by atoms with Gasteiger partial charge in [0.2, 0.25) is 0 Å². The van der Waals surface area contributed by atoms with E-state index in [0.29, 0.717) is 0 Å². The van der Waals surface area contributed by atoms with E-state index in [-0.39, 0.29) is 30.2 Å². The molecule has 0 radical (unpaired) electrons. The van der Waals surface area contributed by atoms with E-state index in [4.69, 9.17) is 0 Å². The zero-order chi connectivity index (χ0) is 24.9. The third-order valence-corrected chi connectivity index (χ3v) is 11.5. The van der Waals surface area contributed by atoms with Gasteiger partial charge in [-0.15, -0.1) is 0 Å². The molecule has 3 aromatic rings. The van der Waals surface area contributed by atoms with Gasteiger partial charge in [0.05, 0.1) is 0 Å². The van der Waals surface area contributed by atoms with Crippen molar-refractivity contribution in [1.29, 1.82) is 0 Å². The average Bonchev–Trinajstić information content (AvgIpc) is 3.50. The van der Waals surface area contributed by atoms with E-state index in [1.807, 2.05) is 0 Å². The smallest absolute Gasteiger partial charge is 1.00 e. The molecule has 0 saturated carbocycles. The quantitative estimate of drug-likeness (QED) is 0.407. The Kier molecular flexibility index (Phi) is 8.63. The number of aryl methyl sites for hydroxylation is 2. The maximum absolute atomic E-state index is 2.46. The van der Waals surface area contributed by atoms with Crippen molar-refractivity contribution in [3.63, 3.8) is 0 Å².